The molecule has 0 aliphatic carbocycles. The molecule has 0 aliphatic heterocycles. The highest BCUT2D eigenvalue weighted by Crippen LogP contribution is 2.16. The van der Waals surface area contributed by atoms with E-state index in [0.29, 0.717) is 5.56 Å². The van der Waals surface area contributed by atoms with Gasteiger partial charge in [-0.15, -0.1) is 0 Å². The summed E-state index contributed by atoms with van der Waals surface area (Å²) in [5.74, 6) is -1.80. The van der Waals surface area contributed by atoms with Crippen molar-refractivity contribution in [3.63, 3.8) is 0 Å². The van der Waals surface area contributed by atoms with Crippen molar-refractivity contribution >= 4 is 5.97 Å². The quantitative estimate of drug-likeness (QED) is 0.864. The fraction of sp³-hybridized carbons (Fsp3) is 0. The molecule has 1 aromatic carbocycles. The molecule has 17 heavy (non-hydrogen) atoms. The van der Waals surface area contributed by atoms with E-state index < -0.39 is 22.8 Å². The molecule has 2 rings (SSSR count). The normalized spacial score (nSPS) is 10.2. The summed E-state index contributed by atoms with van der Waals surface area (Å²) in [5, 5.41) is 8.76. The Morgan fingerprint density at radius 2 is 1.82 bits per heavy atom. The van der Waals surface area contributed by atoms with E-state index in [1.807, 2.05) is 0 Å². The zero-order chi connectivity index (χ0) is 12.4. The van der Waals surface area contributed by atoms with Gasteiger partial charge in [-0.2, -0.15) is 0 Å². The van der Waals surface area contributed by atoms with E-state index in [9.17, 15) is 14.0 Å². The molecule has 1 N–H and O–H groups in total. The first-order valence-electron chi connectivity index (χ1n) is 4.69. The molecule has 5 heteroatoms. The number of carbonyl (C=O) groups is 1. The Hall–Kier alpha value is -2.43. The standard InChI is InChI=1S/C12H7FO4/c13-8-3-1-7(2-4-8)9-5-17-6-10(11(9)14)12(15)16/h1-6H,(H,15,16). The second-order valence-electron chi connectivity index (χ2n) is 3.34. The second-order valence-corrected chi connectivity index (χ2v) is 3.34. The van der Waals surface area contributed by atoms with Crippen LogP contribution in [0.5, 0.6) is 0 Å². The van der Waals surface area contributed by atoms with Crippen molar-refractivity contribution in [2.24, 2.45) is 0 Å². The van der Waals surface area contributed by atoms with Crippen molar-refractivity contribution in [2.75, 3.05) is 0 Å². The molecule has 1 heterocycles. The highest BCUT2D eigenvalue weighted by Gasteiger charge is 2.14. The maximum atomic E-state index is 12.7. The number of halogens is 1. The summed E-state index contributed by atoms with van der Waals surface area (Å²) in [6.45, 7) is 0. The van der Waals surface area contributed by atoms with Crippen LogP contribution in [-0.4, -0.2) is 11.1 Å². The minimum Gasteiger partial charge on any atom is -0.477 e. The maximum absolute atomic E-state index is 12.7. The lowest BCUT2D eigenvalue weighted by Gasteiger charge is -2.00. The maximum Gasteiger partial charge on any atom is 0.342 e. The lowest BCUT2D eigenvalue weighted by atomic mass is 10.1. The van der Waals surface area contributed by atoms with Crippen molar-refractivity contribution in [1.29, 1.82) is 0 Å². The summed E-state index contributed by atoms with van der Waals surface area (Å²) >= 11 is 0. The van der Waals surface area contributed by atoms with Gasteiger partial charge in [0, 0.05) is 0 Å². The number of hydrogen-bond donors (Lipinski definition) is 1. The molecule has 0 spiro atoms. The van der Waals surface area contributed by atoms with Crippen LogP contribution in [-0.2, 0) is 0 Å². The van der Waals surface area contributed by atoms with Crippen LogP contribution in [0.15, 0.2) is 46.0 Å². The molecule has 4 nitrogen and oxygen atoms in total. The first kappa shape index (κ1) is 11.1. The fourth-order valence-corrected chi connectivity index (χ4v) is 1.40. The highest BCUT2D eigenvalue weighted by molar-refractivity contribution is 5.88. The highest BCUT2D eigenvalue weighted by atomic mass is 19.1. The molecule has 0 bridgehead atoms. The lowest BCUT2D eigenvalue weighted by Crippen LogP contribution is -2.15. The van der Waals surface area contributed by atoms with Crippen LogP contribution in [0.25, 0.3) is 11.1 Å². The predicted octanol–water partition coefficient (Wildman–Crippen LogP) is 2.14. The summed E-state index contributed by atoms with van der Waals surface area (Å²) in [6, 6.07) is 5.13. The number of rotatable bonds is 2. The van der Waals surface area contributed by atoms with Gasteiger partial charge in [0.05, 0.1) is 5.56 Å². The molecule has 86 valence electrons. The topological polar surface area (TPSA) is 67.5 Å². The summed E-state index contributed by atoms with van der Waals surface area (Å²) in [7, 11) is 0. The van der Waals surface area contributed by atoms with E-state index in [1.165, 1.54) is 24.3 Å². The van der Waals surface area contributed by atoms with E-state index in [0.717, 1.165) is 12.5 Å². The zero-order valence-electron chi connectivity index (χ0n) is 8.51. The first-order chi connectivity index (χ1) is 8.09. The Balaban J connectivity index is 2.61. The van der Waals surface area contributed by atoms with E-state index in [4.69, 9.17) is 9.52 Å². The molecule has 0 saturated heterocycles. The lowest BCUT2D eigenvalue weighted by molar-refractivity contribution is 0.0693. The number of carboxylic acid groups (broad SMARTS) is 1. The molecular weight excluding hydrogens is 227 g/mol. The first-order valence-corrected chi connectivity index (χ1v) is 4.69. The molecule has 0 unspecified atom stereocenters. The summed E-state index contributed by atoms with van der Waals surface area (Å²) < 4.78 is 17.5. The third-order valence-corrected chi connectivity index (χ3v) is 2.25. The smallest absolute Gasteiger partial charge is 0.342 e. The zero-order valence-corrected chi connectivity index (χ0v) is 8.51. The van der Waals surface area contributed by atoms with Crippen molar-refractivity contribution in [3.05, 3.63) is 58.4 Å². The molecule has 0 atom stereocenters. The van der Waals surface area contributed by atoms with Crippen molar-refractivity contribution in [2.45, 2.75) is 0 Å². The Morgan fingerprint density at radius 3 is 2.41 bits per heavy atom. The minimum absolute atomic E-state index is 0.0879. The van der Waals surface area contributed by atoms with Crippen molar-refractivity contribution < 1.29 is 18.7 Å². The van der Waals surface area contributed by atoms with Gasteiger partial charge in [0.1, 0.15) is 23.9 Å². The van der Waals surface area contributed by atoms with E-state index >= 15 is 0 Å². The molecule has 0 aliphatic rings. The Morgan fingerprint density at radius 1 is 1.18 bits per heavy atom. The third kappa shape index (κ3) is 2.08. The summed E-state index contributed by atoms with van der Waals surface area (Å²) in [5.41, 5.74) is -0.615. The van der Waals surface area contributed by atoms with Crippen LogP contribution >= 0.6 is 0 Å². The van der Waals surface area contributed by atoms with Gasteiger partial charge < -0.3 is 9.52 Å². The van der Waals surface area contributed by atoms with E-state index in [2.05, 4.69) is 0 Å². The van der Waals surface area contributed by atoms with Gasteiger partial charge in [-0.1, -0.05) is 12.1 Å². The van der Waals surface area contributed by atoms with Gasteiger partial charge in [0.15, 0.2) is 0 Å². The Kier molecular flexibility index (Phi) is 2.74. The average Bonchev–Trinajstić information content (AvgIpc) is 2.30. The molecule has 0 fully saturated rings. The molecule has 0 amide bonds. The SMILES string of the molecule is O=C(O)c1cocc(-c2ccc(F)cc2)c1=O. The number of carboxylic acids is 1. The molecule has 2 aromatic rings. The molecular formula is C12H7FO4. The molecule has 0 saturated carbocycles. The number of benzene rings is 1. The predicted molar refractivity (Wildman–Crippen MR) is 57.3 cm³/mol. The van der Waals surface area contributed by atoms with E-state index in [-0.39, 0.29) is 5.56 Å². The van der Waals surface area contributed by atoms with Crippen molar-refractivity contribution in [1.82, 2.24) is 0 Å². The average molecular weight is 234 g/mol. The molecule has 0 radical (unpaired) electrons. The van der Waals surface area contributed by atoms with Gasteiger partial charge in [0.25, 0.3) is 0 Å². The minimum atomic E-state index is -1.36. The number of aromatic carboxylic acids is 1. The number of hydrogen-bond acceptors (Lipinski definition) is 3. The van der Waals surface area contributed by atoms with Gasteiger partial charge in [-0.25, -0.2) is 9.18 Å². The van der Waals surface area contributed by atoms with E-state index in [1.54, 1.807) is 0 Å². The monoisotopic (exact) mass is 234 g/mol. The van der Waals surface area contributed by atoms with Crippen LogP contribution in [0.1, 0.15) is 10.4 Å². The molecule has 1 aromatic heterocycles. The van der Waals surface area contributed by atoms with Gasteiger partial charge in [-0.3, -0.25) is 4.79 Å². The van der Waals surface area contributed by atoms with Crippen LogP contribution < -0.4 is 5.43 Å². The van der Waals surface area contributed by atoms with Crippen LogP contribution in [0.3, 0.4) is 0 Å². The van der Waals surface area contributed by atoms with Gasteiger partial charge >= 0.3 is 5.97 Å². The largest absolute Gasteiger partial charge is 0.477 e. The van der Waals surface area contributed by atoms with Gasteiger partial charge in [-0.05, 0) is 17.7 Å². The summed E-state index contributed by atoms with van der Waals surface area (Å²) in [4.78, 5) is 22.5. The fourth-order valence-electron chi connectivity index (χ4n) is 1.40. The van der Waals surface area contributed by atoms with Gasteiger partial charge in [0.2, 0.25) is 5.43 Å². The van der Waals surface area contributed by atoms with Crippen molar-refractivity contribution in [3.8, 4) is 11.1 Å². The summed E-state index contributed by atoms with van der Waals surface area (Å²) in [6.07, 6.45) is 2.01. The van der Waals surface area contributed by atoms with Crippen LogP contribution in [0.4, 0.5) is 4.39 Å². The Labute approximate surface area is 94.9 Å². The Bertz CT molecular complexity index is 613. The third-order valence-electron chi connectivity index (χ3n) is 2.25. The van der Waals surface area contributed by atoms with Crippen LogP contribution in [0.2, 0.25) is 0 Å². The second kappa shape index (κ2) is 4.21. The van der Waals surface area contributed by atoms with Crippen LogP contribution in [0, 0.1) is 5.82 Å².